The zero-order valence-electron chi connectivity index (χ0n) is 12.7. The molecule has 5 heteroatoms. The molecule has 0 spiro atoms. The fourth-order valence-electron chi connectivity index (χ4n) is 2.25. The predicted octanol–water partition coefficient (Wildman–Crippen LogP) is 1.32. The summed E-state index contributed by atoms with van der Waals surface area (Å²) in [4.78, 5) is 25.1. The number of hydrogen-bond donors (Lipinski definition) is 1. The van der Waals surface area contributed by atoms with Gasteiger partial charge in [-0.1, -0.05) is 0 Å². The molecule has 1 heterocycles. The van der Waals surface area contributed by atoms with Crippen LogP contribution in [0.15, 0.2) is 0 Å². The van der Waals surface area contributed by atoms with Crippen molar-refractivity contribution in [1.29, 1.82) is 0 Å². The average molecular weight is 270 g/mol. The Morgan fingerprint density at radius 2 is 1.79 bits per heavy atom. The fraction of sp³-hybridized carbons (Fsp3) is 0.857. The lowest BCUT2D eigenvalue weighted by molar-refractivity contribution is -0.161. The minimum atomic E-state index is -0.445. The highest BCUT2D eigenvalue weighted by Crippen LogP contribution is 2.16. The van der Waals surface area contributed by atoms with Gasteiger partial charge in [-0.3, -0.25) is 14.5 Å². The molecule has 0 saturated carbocycles. The SMILES string of the molecule is CC(=O)NC1CCN(C(C)C(=O)OC(C)(C)C)CC1. The van der Waals surface area contributed by atoms with Crippen LogP contribution < -0.4 is 5.32 Å². The monoisotopic (exact) mass is 270 g/mol. The topological polar surface area (TPSA) is 58.6 Å². The highest BCUT2D eigenvalue weighted by molar-refractivity contribution is 5.75. The number of rotatable bonds is 3. The molecule has 0 bridgehead atoms. The van der Waals surface area contributed by atoms with Gasteiger partial charge < -0.3 is 10.1 Å². The van der Waals surface area contributed by atoms with Crippen LogP contribution in [0.4, 0.5) is 0 Å². The van der Waals surface area contributed by atoms with E-state index in [4.69, 9.17) is 4.74 Å². The molecule has 1 N–H and O–H groups in total. The third-order valence-corrected chi connectivity index (χ3v) is 3.23. The van der Waals surface area contributed by atoms with E-state index in [0.29, 0.717) is 0 Å². The third kappa shape index (κ3) is 5.59. The van der Waals surface area contributed by atoms with Crippen LogP contribution in [-0.4, -0.2) is 47.6 Å². The number of nitrogens with zero attached hydrogens (tertiary/aromatic N) is 1. The molecule has 1 fully saturated rings. The van der Waals surface area contributed by atoms with Crippen LogP contribution in [-0.2, 0) is 14.3 Å². The summed E-state index contributed by atoms with van der Waals surface area (Å²) in [5, 5.41) is 2.93. The Morgan fingerprint density at radius 1 is 1.26 bits per heavy atom. The first-order chi connectivity index (χ1) is 8.69. The molecule has 110 valence electrons. The molecule has 1 saturated heterocycles. The van der Waals surface area contributed by atoms with Gasteiger partial charge in [0.2, 0.25) is 5.91 Å². The van der Waals surface area contributed by atoms with E-state index in [1.165, 1.54) is 6.92 Å². The Balaban J connectivity index is 2.42. The average Bonchev–Trinajstić information content (AvgIpc) is 2.26. The first kappa shape index (κ1) is 16.0. The number of esters is 1. The summed E-state index contributed by atoms with van der Waals surface area (Å²) in [6, 6.07) is 0.0112. The van der Waals surface area contributed by atoms with Crippen molar-refractivity contribution in [3.63, 3.8) is 0 Å². The fourth-order valence-corrected chi connectivity index (χ4v) is 2.25. The molecule has 5 nitrogen and oxygen atoms in total. The maximum Gasteiger partial charge on any atom is 0.323 e. The van der Waals surface area contributed by atoms with E-state index < -0.39 is 5.60 Å². The molecule has 1 aliphatic heterocycles. The standard InChI is InChI=1S/C14H26N2O3/c1-10(13(18)19-14(3,4)5)16-8-6-12(7-9-16)15-11(2)17/h10,12H,6-9H2,1-5H3,(H,15,17). The molecule has 1 unspecified atom stereocenters. The Bertz CT molecular complexity index is 328. The lowest BCUT2D eigenvalue weighted by atomic mass is 10.0. The second kappa shape index (κ2) is 6.37. The van der Waals surface area contributed by atoms with Crippen LogP contribution in [0, 0.1) is 0 Å². The van der Waals surface area contributed by atoms with Crippen LogP contribution >= 0.6 is 0 Å². The first-order valence-corrected chi connectivity index (χ1v) is 6.93. The summed E-state index contributed by atoms with van der Waals surface area (Å²) >= 11 is 0. The zero-order valence-corrected chi connectivity index (χ0v) is 12.7. The summed E-state index contributed by atoms with van der Waals surface area (Å²) in [6.45, 7) is 10.7. The molecule has 0 aromatic rings. The number of amides is 1. The maximum atomic E-state index is 12.0. The summed E-state index contributed by atoms with van der Waals surface area (Å²) in [7, 11) is 0. The van der Waals surface area contributed by atoms with E-state index in [9.17, 15) is 9.59 Å². The predicted molar refractivity (Wildman–Crippen MR) is 73.7 cm³/mol. The second-order valence-corrected chi connectivity index (χ2v) is 6.22. The lowest BCUT2D eigenvalue weighted by Crippen LogP contribution is -2.50. The van der Waals surface area contributed by atoms with E-state index in [2.05, 4.69) is 10.2 Å². The van der Waals surface area contributed by atoms with Crippen molar-refractivity contribution in [2.24, 2.45) is 0 Å². The van der Waals surface area contributed by atoms with Gasteiger partial charge in [-0.2, -0.15) is 0 Å². The van der Waals surface area contributed by atoms with Crippen LogP contribution in [0.3, 0.4) is 0 Å². The Hall–Kier alpha value is -1.10. The minimum absolute atomic E-state index is 0.0126. The van der Waals surface area contributed by atoms with E-state index >= 15 is 0 Å². The van der Waals surface area contributed by atoms with Gasteiger partial charge in [0, 0.05) is 26.1 Å². The Labute approximate surface area is 115 Å². The van der Waals surface area contributed by atoms with E-state index in [1.807, 2.05) is 27.7 Å². The van der Waals surface area contributed by atoms with Crippen LogP contribution in [0.25, 0.3) is 0 Å². The van der Waals surface area contributed by atoms with E-state index in [-0.39, 0.29) is 24.0 Å². The quantitative estimate of drug-likeness (QED) is 0.786. The number of likely N-dealkylation sites (tertiary alicyclic amines) is 1. The van der Waals surface area contributed by atoms with Crippen LogP contribution in [0.5, 0.6) is 0 Å². The number of piperidine rings is 1. The molecule has 1 amide bonds. The van der Waals surface area contributed by atoms with Crippen LogP contribution in [0.1, 0.15) is 47.5 Å². The summed E-state index contributed by atoms with van der Waals surface area (Å²) in [5.74, 6) is -0.163. The Kier molecular flexibility index (Phi) is 5.35. The van der Waals surface area contributed by atoms with Gasteiger partial charge in [0.25, 0.3) is 0 Å². The van der Waals surface area contributed by atoms with Crippen molar-refractivity contribution in [2.75, 3.05) is 13.1 Å². The highest BCUT2D eigenvalue weighted by Gasteiger charge is 2.29. The smallest absolute Gasteiger partial charge is 0.323 e. The lowest BCUT2D eigenvalue weighted by Gasteiger charge is -2.36. The van der Waals surface area contributed by atoms with Gasteiger partial charge in [0.15, 0.2) is 0 Å². The van der Waals surface area contributed by atoms with Crippen molar-refractivity contribution in [2.45, 2.75) is 65.1 Å². The molecule has 1 aliphatic rings. The van der Waals surface area contributed by atoms with Gasteiger partial charge in [-0.15, -0.1) is 0 Å². The molecular formula is C14H26N2O3. The molecule has 0 aromatic heterocycles. The van der Waals surface area contributed by atoms with Gasteiger partial charge in [-0.05, 0) is 40.5 Å². The van der Waals surface area contributed by atoms with Crippen molar-refractivity contribution >= 4 is 11.9 Å². The number of nitrogens with one attached hydrogen (secondary N) is 1. The van der Waals surface area contributed by atoms with Gasteiger partial charge >= 0.3 is 5.97 Å². The van der Waals surface area contributed by atoms with E-state index in [0.717, 1.165) is 25.9 Å². The number of carbonyl (C=O) groups is 2. The first-order valence-electron chi connectivity index (χ1n) is 6.93. The second-order valence-electron chi connectivity index (χ2n) is 6.22. The summed E-state index contributed by atoms with van der Waals surface area (Å²) < 4.78 is 5.39. The molecule has 0 aromatic carbocycles. The van der Waals surface area contributed by atoms with Crippen molar-refractivity contribution < 1.29 is 14.3 Å². The van der Waals surface area contributed by atoms with Gasteiger partial charge in [0.1, 0.15) is 11.6 Å². The molecular weight excluding hydrogens is 244 g/mol. The molecule has 1 atom stereocenters. The normalized spacial score (nSPS) is 19.8. The van der Waals surface area contributed by atoms with E-state index in [1.54, 1.807) is 0 Å². The number of ether oxygens (including phenoxy) is 1. The zero-order chi connectivity index (χ0) is 14.6. The molecule has 0 aliphatic carbocycles. The van der Waals surface area contributed by atoms with Gasteiger partial charge in [0.05, 0.1) is 0 Å². The molecule has 19 heavy (non-hydrogen) atoms. The molecule has 0 radical (unpaired) electrons. The number of hydrogen-bond acceptors (Lipinski definition) is 4. The largest absolute Gasteiger partial charge is 0.459 e. The Morgan fingerprint density at radius 3 is 2.21 bits per heavy atom. The van der Waals surface area contributed by atoms with Gasteiger partial charge in [-0.25, -0.2) is 0 Å². The van der Waals surface area contributed by atoms with Crippen molar-refractivity contribution in [3.05, 3.63) is 0 Å². The van der Waals surface area contributed by atoms with Crippen molar-refractivity contribution in [1.82, 2.24) is 10.2 Å². The highest BCUT2D eigenvalue weighted by atomic mass is 16.6. The summed E-state index contributed by atoms with van der Waals surface area (Å²) in [6.07, 6.45) is 1.76. The van der Waals surface area contributed by atoms with Crippen molar-refractivity contribution in [3.8, 4) is 0 Å². The maximum absolute atomic E-state index is 12.0. The molecule has 1 rings (SSSR count). The minimum Gasteiger partial charge on any atom is -0.459 e. The third-order valence-electron chi connectivity index (χ3n) is 3.23. The summed E-state index contributed by atoms with van der Waals surface area (Å²) in [5.41, 5.74) is -0.445. The number of carbonyl (C=O) groups excluding carboxylic acids is 2. The van der Waals surface area contributed by atoms with Crippen LogP contribution in [0.2, 0.25) is 0 Å².